The summed E-state index contributed by atoms with van der Waals surface area (Å²) >= 11 is 0. The van der Waals surface area contributed by atoms with Crippen LogP contribution in [0.5, 0.6) is 0 Å². The van der Waals surface area contributed by atoms with Crippen molar-refractivity contribution in [3.05, 3.63) is 47.9 Å². The van der Waals surface area contributed by atoms with E-state index in [1.54, 1.807) is 0 Å². The highest BCUT2D eigenvalue weighted by molar-refractivity contribution is 6.12. The molecule has 82 valence electrons. The third kappa shape index (κ3) is 1.48. The molecule has 0 N–H and O–H groups in total. The summed E-state index contributed by atoms with van der Waals surface area (Å²) < 4.78 is 4.42. The van der Waals surface area contributed by atoms with Crippen LogP contribution < -0.4 is 0 Å². The van der Waals surface area contributed by atoms with Crippen molar-refractivity contribution in [2.45, 2.75) is 0 Å². The largest absolute Gasteiger partial charge is 0.383 e. The molecule has 0 unspecified atom stereocenters. The molecule has 0 bridgehead atoms. The number of hydrogen-bond acceptors (Lipinski definition) is 5. The summed E-state index contributed by atoms with van der Waals surface area (Å²) in [5, 5.41) is 0. The number of rotatable bonds is 1. The molecule has 0 saturated carbocycles. The molecular weight excluding hydrogens is 220 g/mol. The number of carbonyl (C=O) groups is 2. The standard InChI is InChI=1S/C12H6N2O3/c15-11-9-10(12(16)17-11)14-8(6-13-9)7-4-2-1-3-5-7/h1-6H. The molecular formula is C12H6N2O3. The van der Waals surface area contributed by atoms with Gasteiger partial charge in [-0.15, -0.1) is 0 Å². The molecule has 5 nitrogen and oxygen atoms in total. The molecule has 0 spiro atoms. The first-order valence-corrected chi connectivity index (χ1v) is 4.94. The molecule has 1 aromatic heterocycles. The number of nitrogens with zero attached hydrogens (tertiary/aromatic N) is 2. The molecule has 1 aromatic carbocycles. The summed E-state index contributed by atoms with van der Waals surface area (Å²) in [6.45, 7) is 0. The fraction of sp³-hybridized carbons (Fsp3) is 0. The van der Waals surface area contributed by atoms with Crippen molar-refractivity contribution in [1.82, 2.24) is 9.97 Å². The fourth-order valence-corrected chi connectivity index (χ4v) is 1.61. The Bertz CT molecular complexity index is 623. The summed E-state index contributed by atoms with van der Waals surface area (Å²) in [6.07, 6.45) is 1.45. The Labute approximate surface area is 96.1 Å². The number of esters is 2. The second-order valence-electron chi connectivity index (χ2n) is 3.50. The van der Waals surface area contributed by atoms with Crippen LogP contribution in [0.15, 0.2) is 36.5 Å². The van der Waals surface area contributed by atoms with Crippen molar-refractivity contribution in [2.24, 2.45) is 0 Å². The molecule has 0 amide bonds. The molecule has 3 rings (SSSR count). The van der Waals surface area contributed by atoms with Crippen molar-refractivity contribution >= 4 is 11.9 Å². The first-order chi connectivity index (χ1) is 8.25. The van der Waals surface area contributed by atoms with Crippen LogP contribution in [0.25, 0.3) is 11.3 Å². The van der Waals surface area contributed by atoms with Gasteiger partial charge < -0.3 is 4.74 Å². The van der Waals surface area contributed by atoms with Crippen LogP contribution in [0.2, 0.25) is 0 Å². The van der Waals surface area contributed by atoms with E-state index in [2.05, 4.69) is 14.7 Å². The molecule has 2 heterocycles. The highest BCUT2D eigenvalue weighted by Crippen LogP contribution is 2.21. The average molecular weight is 226 g/mol. The Morgan fingerprint density at radius 1 is 0.941 bits per heavy atom. The van der Waals surface area contributed by atoms with Gasteiger partial charge in [0.2, 0.25) is 0 Å². The summed E-state index contributed by atoms with van der Waals surface area (Å²) in [4.78, 5) is 30.5. The van der Waals surface area contributed by atoms with Crippen molar-refractivity contribution < 1.29 is 14.3 Å². The lowest BCUT2D eigenvalue weighted by molar-refractivity contribution is 0.0439. The number of cyclic esters (lactones) is 2. The molecule has 2 aromatic rings. The summed E-state index contributed by atoms with van der Waals surface area (Å²) in [5.74, 6) is -1.48. The van der Waals surface area contributed by atoms with Gasteiger partial charge in [-0.3, -0.25) is 0 Å². The minimum Gasteiger partial charge on any atom is -0.383 e. The van der Waals surface area contributed by atoms with Gasteiger partial charge in [0.05, 0.1) is 11.9 Å². The number of aromatic nitrogens is 2. The van der Waals surface area contributed by atoms with E-state index in [-0.39, 0.29) is 11.4 Å². The van der Waals surface area contributed by atoms with Gasteiger partial charge in [-0.1, -0.05) is 30.3 Å². The smallest absolute Gasteiger partial charge is 0.367 e. The van der Waals surface area contributed by atoms with Crippen molar-refractivity contribution in [3.63, 3.8) is 0 Å². The Kier molecular flexibility index (Phi) is 1.98. The summed E-state index contributed by atoms with van der Waals surface area (Å²) in [7, 11) is 0. The lowest BCUT2D eigenvalue weighted by Gasteiger charge is -1.99. The maximum absolute atomic E-state index is 11.3. The quantitative estimate of drug-likeness (QED) is 0.543. The van der Waals surface area contributed by atoms with E-state index in [1.165, 1.54) is 6.20 Å². The van der Waals surface area contributed by atoms with Gasteiger partial charge in [-0.2, -0.15) is 0 Å². The molecule has 17 heavy (non-hydrogen) atoms. The lowest BCUT2D eigenvalue weighted by atomic mass is 10.1. The minimum atomic E-state index is -0.740. The van der Waals surface area contributed by atoms with Crippen LogP contribution in [0.1, 0.15) is 21.0 Å². The average Bonchev–Trinajstić information content (AvgIpc) is 2.66. The molecule has 0 aliphatic carbocycles. The number of hydrogen-bond donors (Lipinski definition) is 0. The third-order valence-electron chi connectivity index (χ3n) is 2.41. The van der Waals surface area contributed by atoms with E-state index in [1.807, 2.05) is 30.3 Å². The van der Waals surface area contributed by atoms with Crippen LogP contribution in [0.4, 0.5) is 0 Å². The van der Waals surface area contributed by atoms with Gasteiger partial charge in [0, 0.05) is 5.56 Å². The summed E-state index contributed by atoms with van der Waals surface area (Å²) in [6, 6.07) is 9.28. The zero-order valence-corrected chi connectivity index (χ0v) is 8.58. The van der Waals surface area contributed by atoms with Gasteiger partial charge in [0.15, 0.2) is 11.4 Å². The normalized spacial score (nSPS) is 13.4. The van der Waals surface area contributed by atoms with Crippen LogP contribution >= 0.6 is 0 Å². The van der Waals surface area contributed by atoms with Gasteiger partial charge in [0.1, 0.15) is 0 Å². The number of ether oxygens (including phenoxy) is 1. The van der Waals surface area contributed by atoms with Crippen LogP contribution in [-0.2, 0) is 4.74 Å². The van der Waals surface area contributed by atoms with E-state index in [0.717, 1.165) is 5.56 Å². The first-order valence-electron chi connectivity index (χ1n) is 4.94. The number of fused-ring (bicyclic) bond motifs is 1. The maximum Gasteiger partial charge on any atom is 0.367 e. The van der Waals surface area contributed by atoms with Crippen LogP contribution in [-0.4, -0.2) is 21.9 Å². The Morgan fingerprint density at radius 3 is 2.41 bits per heavy atom. The van der Waals surface area contributed by atoms with E-state index >= 15 is 0 Å². The highest BCUT2D eigenvalue weighted by atomic mass is 16.6. The van der Waals surface area contributed by atoms with Crippen molar-refractivity contribution in [2.75, 3.05) is 0 Å². The molecule has 1 aliphatic heterocycles. The zero-order chi connectivity index (χ0) is 11.8. The van der Waals surface area contributed by atoms with E-state index in [0.29, 0.717) is 5.69 Å². The van der Waals surface area contributed by atoms with E-state index in [9.17, 15) is 9.59 Å². The van der Waals surface area contributed by atoms with Crippen molar-refractivity contribution in [3.8, 4) is 11.3 Å². The fourth-order valence-electron chi connectivity index (χ4n) is 1.61. The van der Waals surface area contributed by atoms with Crippen LogP contribution in [0, 0.1) is 0 Å². The SMILES string of the molecule is O=C1OC(=O)c2nc(-c3ccccc3)cnc21. The molecule has 0 saturated heterocycles. The predicted molar refractivity (Wildman–Crippen MR) is 57.2 cm³/mol. The second-order valence-corrected chi connectivity index (χ2v) is 3.50. The summed E-state index contributed by atoms with van der Waals surface area (Å²) in [5.41, 5.74) is 1.33. The minimum absolute atomic E-state index is 0.0173. The molecule has 0 fully saturated rings. The first kappa shape index (κ1) is 9.65. The topological polar surface area (TPSA) is 69.2 Å². The lowest BCUT2D eigenvalue weighted by Crippen LogP contribution is -2.00. The Hall–Kier alpha value is -2.56. The molecule has 5 heteroatoms. The Morgan fingerprint density at radius 2 is 1.65 bits per heavy atom. The van der Waals surface area contributed by atoms with Gasteiger partial charge in [0.25, 0.3) is 0 Å². The zero-order valence-electron chi connectivity index (χ0n) is 8.58. The molecule has 0 atom stereocenters. The third-order valence-corrected chi connectivity index (χ3v) is 2.41. The number of benzene rings is 1. The van der Waals surface area contributed by atoms with Gasteiger partial charge >= 0.3 is 11.9 Å². The van der Waals surface area contributed by atoms with Gasteiger partial charge in [-0.25, -0.2) is 19.6 Å². The Balaban J connectivity index is 2.15. The van der Waals surface area contributed by atoms with E-state index in [4.69, 9.17) is 0 Å². The predicted octanol–water partition coefficient (Wildman–Crippen LogP) is 1.45. The monoisotopic (exact) mass is 226 g/mol. The maximum atomic E-state index is 11.3. The molecule has 1 aliphatic rings. The van der Waals surface area contributed by atoms with E-state index < -0.39 is 11.9 Å². The van der Waals surface area contributed by atoms with Gasteiger partial charge in [-0.05, 0) is 0 Å². The highest BCUT2D eigenvalue weighted by Gasteiger charge is 2.33. The number of carbonyl (C=O) groups excluding carboxylic acids is 2. The van der Waals surface area contributed by atoms with Crippen LogP contribution in [0.3, 0.4) is 0 Å². The second kappa shape index (κ2) is 3.48. The van der Waals surface area contributed by atoms with Crippen molar-refractivity contribution in [1.29, 1.82) is 0 Å². The molecule has 0 radical (unpaired) electrons.